The van der Waals surface area contributed by atoms with Gasteiger partial charge in [-0.1, -0.05) is 53.5 Å². The Morgan fingerprint density at radius 1 is 1.16 bits per heavy atom. The average molecular weight is 463 g/mol. The number of ether oxygens (including phenoxy) is 1. The van der Waals surface area contributed by atoms with E-state index in [9.17, 15) is 14.4 Å². The van der Waals surface area contributed by atoms with Crippen molar-refractivity contribution in [2.24, 2.45) is 0 Å². The van der Waals surface area contributed by atoms with E-state index in [4.69, 9.17) is 33.7 Å². The van der Waals surface area contributed by atoms with Gasteiger partial charge in [-0.3, -0.25) is 24.0 Å². The Labute approximate surface area is 187 Å². The Balaban J connectivity index is 2.14. The summed E-state index contributed by atoms with van der Waals surface area (Å²) in [6, 6.07) is 13.5. The normalized spacial score (nSPS) is 10.8. The fourth-order valence-corrected chi connectivity index (χ4v) is 3.44. The lowest BCUT2D eigenvalue weighted by Gasteiger charge is -2.25. The minimum Gasteiger partial charge on any atom is -0.383 e. The highest BCUT2D eigenvalue weighted by atomic mass is 35.5. The number of benzene rings is 2. The number of amides is 1. The molecule has 0 spiro atoms. The summed E-state index contributed by atoms with van der Waals surface area (Å²) in [5, 5.41) is 0.458. The minimum atomic E-state index is -0.797. The predicted molar refractivity (Wildman–Crippen MR) is 121 cm³/mol. The third kappa shape index (κ3) is 4.99. The van der Waals surface area contributed by atoms with Gasteiger partial charge in [0, 0.05) is 18.7 Å². The number of carbonyl (C=O) groups is 1. The molecule has 2 aromatic carbocycles. The molecule has 0 aliphatic heterocycles. The van der Waals surface area contributed by atoms with Gasteiger partial charge in [0.25, 0.3) is 11.5 Å². The first-order chi connectivity index (χ1) is 14.8. The first-order valence-corrected chi connectivity index (χ1v) is 10.0. The molecule has 3 N–H and O–H groups in total. The number of rotatable bonds is 7. The summed E-state index contributed by atoms with van der Waals surface area (Å²) in [5.74, 6) is -0.758. The molecule has 31 heavy (non-hydrogen) atoms. The number of anilines is 2. The second-order valence-corrected chi connectivity index (χ2v) is 7.48. The number of halogens is 2. The average Bonchev–Trinajstić information content (AvgIpc) is 2.75. The van der Waals surface area contributed by atoms with Crippen LogP contribution < -0.4 is 21.9 Å². The smallest absolute Gasteiger partial charge is 0.330 e. The second kappa shape index (κ2) is 9.82. The molecular formula is C21H20Cl2N4O4. The first-order valence-electron chi connectivity index (χ1n) is 9.26. The number of H-pyrrole nitrogens is 1. The molecule has 0 atom stereocenters. The van der Waals surface area contributed by atoms with Gasteiger partial charge in [0.2, 0.25) is 0 Å². The van der Waals surface area contributed by atoms with Crippen LogP contribution in [-0.2, 0) is 11.3 Å². The van der Waals surface area contributed by atoms with Crippen LogP contribution in [0.15, 0.2) is 58.1 Å². The van der Waals surface area contributed by atoms with Crippen LogP contribution in [0.2, 0.25) is 10.0 Å². The molecule has 0 aliphatic carbocycles. The second-order valence-electron chi connectivity index (χ2n) is 6.64. The number of nitrogens with two attached hydrogens (primary N) is 1. The summed E-state index contributed by atoms with van der Waals surface area (Å²) in [5.41, 5.74) is 5.47. The summed E-state index contributed by atoms with van der Waals surface area (Å²) in [7, 11) is 1.46. The zero-order chi connectivity index (χ0) is 22.5. The van der Waals surface area contributed by atoms with Gasteiger partial charge in [0.15, 0.2) is 5.69 Å². The van der Waals surface area contributed by atoms with Crippen LogP contribution in [0.4, 0.5) is 11.5 Å². The lowest BCUT2D eigenvalue weighted by atomic mass is 10.2. The van der Waals surface area contributed by atoms with Crippen molar-refractivity contribution >= 4 is 40.6 Å². The van der Waals surface area contributed by atoms with E-state index in [0.717, 1.165) is 10.5 Å². The summed E-state index contributed by atoms with van der Waals surface area (Å²) in [6.07, 6.45) is 0. The molecule has 10 heteroatoms. The van der Waals surface area contributed by atoms with E-state index in [2.05, 4.69) is 4.98 Å². The Bertz CT molecular complexity index is 1210. The van der Waals surface area contributed by atoms with E-state index >= 15 is 0 Å². The van der Waals surface area contributed by atoms with Crippen molar-refractivity contribution in [2.45, 2.75) is 6.54 Å². The van der Waals surface area contributed by atoms with Gasteiger partial charge in [-0.15, -0.1) is 0 Å². The van der Waals surface area contributed by atoms with Gasteiger partial charge in [-0.2, -0.15) is 0 Å². The van der Waals surface area contributed by atoms with Crippen molar-refractivity contribution in [3.63, 3.8) is 0 Å². The highest BCUT2D eigenvalue weighted by molar-refractivity contribution is 6.36. The molecule has 1 heterocycles. The summed E-state index contributed by atoms with van der Waals surface area (Å²) >= 11 is 12.2. The predicted octanol–water partition coefficient (Wildman–Crippen LogP) is 2.77. The van der Waals surface area contributed by atoms with Crippen molar-refractivity contribution in [3.8, 4) is 0 Å². The number of carbonyl (C=O) groups excluding carboxylic acids is 1. The largest absolute Gasteiger partial charge is 0.383 e. The van der Waals surface area contributed by atoms with Gasteiger partial charge < -0.3 is 10.5 Å². The van der Waals surface area contributed by atoms with E-state index < -0.39 is 17.2 Å². The van der Waals surface area contributed by atoms with Gasteiger partial charge in [-0.05, 0) is 23.8 Å². The fraction of sp³-hybridized carbons (Fsp3) is 0.190. The lowest BCUT2D eigenvalue weighted by Crippen LogP contribution is -2.42. The number of hydrogen-bond donors (Lipinski definition) is 2. The van der Waals surface area contributed by atoms with E-state index in [-0.39, 0.29) is 41.8 Å². The number of nitrogens with zero attached hydrogens (tertiary/aromatic N) is 2. The molecular weight excluding hydrogens is 443 g/mol. The fourth-order valence-electron chi connectivity index (χ4n) is 3.07. The molecule has 0 fully saturated rings. The van der Waals surface area contributed by atoms with Crippen LogP contribution in [0, 0.1) is 0 Å². The van der Waals surface area contributed by atoms with E-state index in [1.165, 1.54) is 23.8 Å². The molecule has 0 unspecified atom stereocenters. The van der Waals surface area contributed by atoms with Gasteiger partial charge in [0.05, 0.1) is 23.7 Å². The van der Waals surface area contributed by atoms with Crippen molar-refractivity contribution in [2.75, 3.05) is 30.9 Å². The van der Waals surface area contributed by atoms with E-state index in [1.807, 2.05) is 30.3 Å². The highest BCUT2D eigenvalue weighted by Gasteiger charge is 2.26. The van der Waals surface area contributed by atoms with Crippen LogP contribution in [0.3, 0.4) is 0 Å². The molecule has 0 saturated heterocycles. The third-order valence-electron chi connectivity index (χ3n) is 4.59. The zero-order valence-corrected chi connectivity index (χ0v) is 18.1. The molecule has 8 nitrogen and oxygen atoms in total. The molecule has 0 aliphatic rings. The van der Waals surface area contributed by atoms with Crippen LogP contribution in [-0.4, -0.2) is 35.7 Å². The molecule has 1 aromatic heterocycles. The van der Waals surface area contributed by atoms with Crippen LogP contribution in [0.25, 0.3) is 0 Å². The molecule has 162 valence electrons. The summed E-state index contributed by atoms with van der Waals surface area (Å²) < 4.78 is 6.28. The standard InChI is InChI=1S/C21H20Cl2N4O4/c1-31-10-9-26(20(29)15-11-14(22)7-8-16(15)23)17-18(24)27(21(30)25-19(17)28)12-13-5-3-2-4-6-13/h2-8,11H,9-10,12,24H2,1H3,(H,25,28,30). The van der Waals surface area contributed by atoms with Crippen LogP contribution in [0.5, 0.6) is 0 Å². The first kappa shape index (κ1) is 22.6. The van der Waals surface area contributed by atoms with E-state index in [1.54, 1.807) is 6.07 Å². The lowest BCUT2D eigenvalue weighted by molar-refractivity contribution is 0.0975. The summed E-state index contributed by atoms with van der Waals surface area (Å²) in [6.45, 7) is 0.217. The zero-order valence-electron chi connectivity index (χ0n) is 16.6. The Morgan fingerprint density at radius 3 is 2.55 bits per heavy atom. The van der Waals surface area contributed by atoms with Crippen LogP contribution in [0.1, 0.15) is 15.9 Å². The van der Waals surface area contributed by atoms with Gasteiger partial charge in [0.1, 0.15) is 5.82 Å². The summed E-state index contributed by atoms with van der Waals surface area (Å²) in [4.78, 5) is 41.9. The molecule has 0 saturated carbocycles. The highest BCUT2D eigenvalue weighted by Crippen LogP contribution is 2.25. The van der Waals surface area contributed by atoms with Gasteiger partial charge in [-0.25, -0.2) is 4.79 Å². The van der Waals surface area contributed by atoms with Crippen molar-refractivity contribution in [3.05, 3.63) is 90.5 Å². The maximum absolute atomic E-state index is 13.3. The monoisotopic (exact) mass is 462 g/mol. The Hall–Kier alpha value is -3.07. The molecule has 0 radical (unpaired) electrons. The molecule has 0 bridgehead atoms. The quantitative estimate of drug-likeness (QED) is 0.560. The number of aromatic nitrogens is 2. The molecule has 1 amide bonds. The van der Waals surface area contributed by atoms with Crippen molar-refractivity contribution < 1.29 is 9.53 Å². The molecule has 3 aromatic rings. The number of nitrogens with one attached hydrogen (secondary N) is 1. The Kier molecular flexibility index (Phi) is 7.17. The van der Waals surface area contributed by atoms with Gasteiger partial charge >= 0.3 is 5.69 Å². The third-order valence-corrected chi connectivity index (χ3v) is 5.16. The topological polar surface area (TPSA) is 110 Å². The Morgan fingerprint density at radius 2 is 1.87 bits per heavy atom. The number of aromatic amines is 1. The molecule has 3 rings (SSSR count). The van der Waals surface area contributed by atoms with Crippen molar-refractivity contribution in [1.29, 1.82) is 0 Å². The maximum Gasteiger partial charge on any atom is 0.330 e. The van der Waals surface area contributed by atoms with Crippen LogP contribution >= 0.6 is 23.2 Å². The van der Waals surface area contributed by atoms with Crippen molar-refractivity contribution in [1.82, 2.24) is 9.55 Å². The minimum absolute atomic E-state index is 0.00496. The number of nitrogen functional groups attached to an aromatic ring is 1. The SMILES string of the molecule is COCCN(C(=O)c1cc(Cl)ccc1Cl)c1c(N)n(Cc2ccccc2)c(=O)[nH]c1=O. The van der Waals surface area contributed by atoms with E-state index in [0.29, 0.717) is 5.02 Å². The maximum atomic E-state index is 13.3. The number of methoxy groups -OCH3 is 1. The number of hydrogen-bond acceptors (Lipinski definition) is 5.